The fourth-order valence-electron chi connectivity index (χ4n) is 1.81. The van der Waals surface area contributed by atoms with Gasteiger partial charge in [0.25, 0.3) is 0 Å². The van der Waals surface area contributed by atoms with E-state index in [0.29, 0.717) is 24.5 Å². The Morgan fingerprint density at radius 1 is 1.53 bits per heavy atom. The number of ketones is 1. The molecule has 1 aliphatic rings. The van der Waals surface area contributed by atoms with Gasteiger partial charge in [-0.05, 0) is 17.7 Å². The summed E-state index contributed by atoms with van der Waals surface area (Å²) < 4.78 is 5.52. The molecule has 3 heteroatoms. The van der Waals surface area contributed by atoms with Gasteiger partial charge in [-0.3, -0.25) is 4.79 Å². The maximum atomic E-state index is 11.4. The molecule has 1 aliphatic heterocycles. The highest BCUT2D eigenvalue weighted by Crippen LogP contribution is 2.33. The second-order valence-corrected chi connectivity index (χ2v) is 4.16. The summed E-state index contributed by atoms with van der Waals surface area (Å²) in [6.45, 7) is 2.57. The molecule has 0 saturated heterocycles. The van der Waals surface area contributed by atoms with E-state index in [0.717, 1.165) is 23.3 Å². The first kappa shape index (κ1) is 10.5. The zero-order valence-corrected chi connectivity index (χ0v) is 9.43. The monoisotopic (exact) mass is 224 g/mol. The van der Waals surface area contributed by atoms with Crippen molar-refractivity contribution < 1.29 is 9.53 Å². The number of hydrogen-bond acceptors (Lipinski definition) is 2. The summed E-state index contributed by atoms with van der Waals surface area (Å²) in [6.07, 6.45) is 1.88. The SMILES string of the molecule is CCC(=O)Cc1cc(Cl)cc2c1OCC2. The Hall–Kier alpha value is -1.02. The third kappa shape index (κ3) is 2.15. The van der Waals surface area contributed by atoms with E-state index in [1.54, 1.807) is 0 Å². The van der Waals surface area contributed by atoms with Crippen LogP contribution < -0.4 is 4.74 Å². The van der Waals surface area contributed by atoms with Gasteiger partial charge in [0, 0.05) is 29.8 Å². The van der Waals surface area contributed by atoms with E-state index in [2.05, 4.69) is 0 Å². The van der Waals surface area contributed by atoms with Crippen LogP contribution in [-0.2, 0) is 17.6 Å². The number of carbonyl (C=O) groups is 1. The van der Waals surface area contributed by atoms with Gasteiger partial charge in [-0.1, -0.05) is 18.5 Å². The van der Waals surface area contributed by atoms with Gasteiger partial charge in [-0.2, -0.15) is 0 Å². The molecule has 80 valence electrons. The average molecular weight is 225 g/mol. The fraction of sp³-hybridized carbons (Fsp3) is 0.417. The molecule has 0 bridgehead atoms. The number of Topliss-reactive ketones (excluding diaryl/α,β-unsaturated/α-hetero) is 1. The summed E-state index contributed by atoms with van der Waals surface area (Å²) >= 11 is 5.99. The Balaban J connectivity index is 2.34. The van der Waals surface area contributed by atoms with Crippen molar-refractivity contribution in [2.45, 2.75) is 26.2 Å². The Morgan fingerprint density at radius 2 is 2.33 bits per heavy atom. The molecule has 15 heavy (non-hydrogen) atoms. The standard InChI is InChI=1S/C12H13ClO2/c1-2-11(14)7-9-6-10(13)5-8-3-4-15-12(8)9/h5-6H,2-4,7H2,1H3. The van der Waals surface area contributed by atoms with E-state index in [4.69, 9.17) is 16.3 Å². The van der Waals surface area contributed by atoms with Crippen LogP contribution in [0.3, 0.4) is 0 Å². The highest BCUT2D eigenvalue weighted by molar-refractivity contribution is 6.30. The van der Waals surface area contributed by atoms with Crippen LogP contribution in [0.4, 0.5) is 0 Å². The van der Waals surface area contributed by atoms with E-state index in [-0.39, 0.29) is 5.78 Å². The van der Waals surface area contributed by atoms with Crippen LogP contribution in [0.15, 0.2) is 12.1 Å². The van der Waals surface area contributed by atoms with Gasteiger partial charge in [0.2, 0.25) is 0 Å². The van der Waals surface area contributed by atoms with Crippen molar-refractivity contribution >= 4 is 17.4 Å². The van der Waals surface area contributed by atoms with Gasteiger partial charge >= 0.3 is 0 Å². The Kier molecular flexibility index (Phi) is 2.96. The summed E-state index contributed by atoms with van der Waals surface area (Å²) in [4.78, 5) is 11.4. The molecule has 0 atom stereocenters. The third-order valence-electron chi connectivity index (χ3n) is 2.61. The molecule has 2 nitrogen and oxygen atoms in total. The van der Waals surface area contributed by atoms with Crippen LogP contribution in [0.5, 0.6) is 5.75 Å². The Morgan fingerprint density at radius 3 is 3.07 bits per heavy atom. The minimum absolute atomic E-state index is 0.218. The van der Waals surface area contributed by atoms with Gasteiger partial charge in [0.05, 0.1) is 6.61 Å². The third-order valence-corrected chi connectivity index (χ3v) is 2.83. The number of fused-ring (bicyclic) bond motifs is 1. The Labute approximate surface area is 94.2 Å². The number of hydrogen-bond donors (Lipinski definition) is 0. The van der Waals surface area contributed by atoms with E-state index in [1.165, 1.54) is 0 Å². The van der Waals surface area contributed by atoms with E-state index in [9.17, 15) is 4.79 Å². The fourth-order valence-corrected chi connectivity index (χ4v) is 2.08. The van der Waals surface area contributed by atoms with Crippen molar-refractivity contribution in [3.8, 4) is 5.75 Å². The van der Waals surface area contributed by atoms with Crippen LogP contribution in [-0.4, -0.2) is 12.4 Å². The molecular formula is C12H13ClO2. The highest BCUT2D eigenvalue weighted by atomic mass is 35.5. The average Bonchev–Trinajstić information content (AvgIpc) is 2.65. The molecule has 1 aromatic carbocycles. The second kappa shape index (κ2) is 4.23. The predicted molar refractivity (Wildman–Crippen MR) is 59.7 cm³/mol. The minimum Gasteiger partial charge on any atom is -0.493 e. The molecule has 0 aromatic heterocycles. The van der Waals surface area contributed by atoms with Crippen LogP contribution >= 0.6 is 11.6 Å². The van der Waals surface area contributed by atoms with Gasteiger partial charge in [-0.25, -0.2) is 0 Å². The molecule has 0 amide bonds. The topological polar surface area (TPSA) is 26.3 Å². The largest absolute Gasteiger partial charge is 0.493 e. The normalized spacial score (nSPS) is 13.5. The van der Waals surface area contributed by atoms with Gasteiger partial charge in [0.15, 0.2) is 0 Å². The number of halogens is 1. The van der Waals surface area contributed by atoms with Crippen LogP contribution in [0, 0.1) is 0 Å². The van der Waals surface area contributed by atoms with Crippen LogP contribution in [0.1, 0.15) is 24.5 Å². The first-order valence-corrected chi connectivity index (χ1v) is 5.54. The molecule has 0 saturated carbocycles. The molecule has 0 radical (unpaired) electrons. The summed E-state index contributed by atoms with van der Waals surface area (Å²) in [6, 6.07) is 3.75. The first-order chi connectivity index (χ1) is 7.20. The van der Waals surface area contributed by atoms with Crippen molar-refractivity contribution in [2.75, 3.05) is 6.61 Å². The molecule has 2 rings (SSSR count). The molecule has 1 heterocycles. The van der Waals surface area contributed by atoms with Crippen molar-refractivity contribution in [1.29, 1.82) is 0 Å². The maximum absolute atomic E-state index is 11.4. The summed E-state index contributed by atoms with van der Waals surface area (Å²) in [5, 5.41) is 0.693. The zero-order valence-electron chi connectivity index (χ0n) is 8.68. The molecular weight excluding hydrogens is 212 g/mol. The first-order valence-electron chi connectivity index (χ1n) is 5.16. The van der Waals surface area contributed by atoms with Crippen LogP contribution in [0.25, 0.3) is 0 Å². The van der Waals surface area contributed by atoms with Gasteiger partial charge in [-0.15, -0.1) is 0 Å². The second-order valence-electron chi connectivity index (χ2n) is 3.72. The zero-order chi connectivity index (χ0) is 10.8. The van der Waals surface area contributed by atoms with Crippen molar-refractivity contribution in [3.63, 3.8) is 0 Å². The quantitative estimate of drug-likeness (QED) is 0.789. The summed E-state index contributed by atoms with van der Waals surface area (Å²) in [5.74, 6) is 1.09. The van der Waals surface area contributed by atoms with E-state index >= 15 is 0 Å². The molecule has 0 spiro atoms. The predicted octanol–water partition coefficient (Wildman–Crippen LogP) is 2.80. The minimum atomic E-state index is 0.218. The lowest BCUT2D eigenvalue weighted by Gasteiger charge is -2.07. The highest BCUT2D eigenvalue weighted by Gasteiger charge is 2.18. The lowest BCUT2D eigenvalue weighted by atomic mass is 10.0. The van der Waals surface area contributed by atoms with Gasteiger partial charge < -0.3 is 4.74 Å². The lowest BCUT2D eigenvalue weighted by Crippen LogP contribution is -2.02. The molecule has 0 fully saturated rings. The maximum Gasteiger partial charge on any atom is 0.137 e. The molecule has 1 aromatic rings. The summed E-state index contributed by atoms with van der Waals surface area (Å²) in [7, 11) is 0. The van der Waals surface area contributed by atoms with E-state index in [1.807, 2.05) is 19.1 Å². The number of rotatable bonds is 3. The molecule has 0 aliphatic carbocycles. The molecule has 0 unspecified atom stereocenters. The Bertz CT molecular complexity index is 399. The lowest BCUT2D eigenvalue weighted by molar-refractivity contribution is -0.118. The number of benzene rings is 1. The van der Waals surface area contributed by atoms with Crippen LogP contribution in [0.2, 0.25) is 5.02 Å². The van der Waals surface area contributed by atoms with Crippen molar-refractivity contribution in [2.24, 2.45) is 0 Å². The number of carbonyl (C=O) groups excluding carboxylic acids is 1. The molecule has 0 N–H and O–H groups in total. The smallest absolute Gasteiger partial charge is 0.137 e. The summed E-state index contributed by atoms with van der Waals surface area (Å²) in [5.41, 5.74) is 2.06. The number of ether oxygens (including phenoxy) is 1. The van der Waals surface area contributed by atoms with Crippen molar-refractivity contribution in [1.82, 2.24) is 0 Å². The van der Waals surface area contributed by atoms with Crippen molar-refractivity contribution in [3.05, 3.63) is 28.3 Å². The van der Waals surface area contributed by atoms with E-state index < -0.39 is 0 Å². The van der Waals surface area contributed by atoms with Gasteiger partial charge in [0.1, 0.15) is 11.5 Å².